The van der Waals surface area contributed by atoms with Gasteiger partial charge in [-0.1, -0.05) is 48.7 Å². The summed E-state index contributed by atoms with van der Waals surface area (Å²) in [5.41, 5.74) is 2.10. The number of aliphatic hydroxyl groups excluding tert-OH is 1. The first-order valence-corrected chi connectivity index (χ1v) is 12.5. The van der Waals surface area contributed by atoms with Crippen LogP contribution in [0.3, 0.4) is 0 Å². The lowest BCUT2D eigenvalue weighted by molar-refractivity contribution is -0.145. The van der Waals surface area contributed by atoms with Crippen LogP contribution >= 0.6 is 23.2 Å². The SMILES string of the molecule is C[C@H]1CCC=C2C[C@H]3OC(=O)[C@H](CN4CCN(c5ccc(Cl)c(Cl)c5)CC4)[C@@H]3[C@H](O)[C@@]21C. The Morgan fingerprint density at radius 3 is 2.66 bits per heavy atom. The Morgan fingerprint density at radius 2 is 1.94 bits per heavy atom. The molecule has 0 aromatic heterocycles. The molecule has 1 saturated carbocycles. The van der Waals surface area contributed by atoms with Gasteiger partial charge >= 0.3 is 5.97 Å². The number of carbonyl (C=O) groups is 1. The summed E-state index contributed by atoms with van der Waals surface area (Å²) in [6.07, 6.45) is 4.46. The third-order valence-corrected chi connectivity index (χ3v) is 9.40. The molecule has 5 nitrogen and oxygen atoms in total. The van der Waals surface area contributed by atoms with E-state index in [0.29, 0.717) is 22.5 Å². The number of carbonyl (C=O) groups excluding carboxylic acids is 1. The first-order valence-electron chi connectivity index (χ1n) is 11.8. The quantitative estimate of drug-likeness (QED) is 0.515. The Hall–Kier alpha value is -1.27. The second kappa shape index (κ2) is 8.50. The molecule has 5 rings (SSSR count). The van der Waals surface area contributed by atoms with Gasteiger partial charge in [0.2, 0.25) is 0 Å². The molecule has 2 aliphatic carbocycles. The van der Waals surface area contributed by atoms with E-state index < -0.39 is 6.10 Å². The lowest BCUT2D eigenvalue weighted by atomic mass is 9.55. The van der Waals surface area contributed by atoms with Crippen molar-refractivity contribution >= 4 is 34.9 Å². The van der Waals surface area contributed by atoms with Crippen molar-refractivity contribution in [3.63, 3.8) is 0 Å². The molecular weight excluding hydrogens is 447 g/mol. The molecule has 6 atom stereocenters. The average molecular weight is 479 g/mol. The van der Waals surface area contributed by atoms with Gasteiger partial charge in [0.1, 0.15) is 6.10 Å². The summed E-state index contributed by atoms with van der Waals surface area (Å²) in [6, 6.07) is 5.74. The predicted octanol–water partition coefficient (Wildman–Crippen LogP) is 4.40. The van der Waals surface area contributed by atoms with Gasteiger partial charge in [0.05, 0.1) is 22.1 Å². The maximum absolute atomic E-state index is 12.9. The number of esters is 1. The van der Waals surface area contributed by atoms with Gasteiger partial charge in [-0.25, -0.2) is 0 Å². The van der Waals surface area contributed by atoms with Crippen molar-refractivity contribution in [1.82, 2.24) is 4.90 Å². The topological polar surface area (TPSA) is 53.0 Å². The van der Waals surface area contributed by atoms with Crippen LogP contribution in [0.25, 0.3) is 0 Å². The fourth-order valence-electron chi connectivity index (χ4n) is 6.42. The summed E-state index contributed by atoms with van der Waals surface area (Å²) < 4.78 is 5.83. The lowest BCUT2D eigenvalue weighted by Crippen LogP contribution is -2.55. The summed E-state index contributed by atoms with van der Waals surface area (Å²) in [7, 11) is 0. The Morgan fingerprint density at radius 1 is 1.19 bits per heavy atom. The Balaban J connectivity index is 1.27. The largest absolute Gasteiger partial charge is 0.461 e. The summed E-state index contributed by atoms with van der Waals surface area (Å²) in [5.74, 6) is -0.122. The van der Waals surface area contributed by atoms with Gasteiger partial charge in [-0.05, 0) is 37.0 Å². The van der Waals surface area contributed by atoms with Crippen molar-refractivity contribution in [1.29, 1.82) is 0 Å². The van der Waals surface area contributed by atoms with Gasteiger partial charge in [-0.3, -0.25) is 9.69 Å². The molecule has 2 heterocycles. The maximum Gasteiger partial charge on any atom is 0.311 e. The number of halogens is 2. The number of hydrogen-bond acceptors (Lipinski definition) is 5. The van der Waals surface area contributed by atoms with E-state index in [0.717, 1.165) is 51.1 Å². The molecule has 3 fully saturated rings. The minimum absolute atomic E-state index is 0.127. The summed E-state index contributed by atoms with van der Waals surface area (Å²) in [5, 5.41) is 12.7. The van der Waals surface area contributed by atoms with E-state index in [2.05, 4.69) is 29.7 Å². The fraction of sp³-hybridized carbons (Fsp3) is 0.640. The second-order valence-corrected chi connectivity index (χ2v) is 11.0. The zero-order chi connectivity index (χ0) is 22.6. The summed E-state index contributed by atoms with van der Waals surface area (Å²) >= 11 is 12.2. The highest BCUT2D eigenvalue weighted by Gasteiger charge is 2.59. The number of hydrogen-bond donors (Lipinski definition) is 1. The zero-order valence-corrected chi connectivity index (χ0v) is 20.3. The number of rotatable bonds is 3. The van der Waals surface area contributed by atoms with Crippen LogP contribution in [0.2, 0.25) is 10.0 Å². The number of fused-ring (bicyclic) bond motifs is 2. The highest BCUT2D eigenvalue weighted by molar-refractivity contribution is 6.42. The van der Waals surface area contributed by atoms with Gasteiger partial charge in [0, 0.05) is 56.2 Å². The lowest BCUT2D eigenvalue weighted by Gasteiger charge is -2.52. The molecule has 1 N–H and O–H groups in total. The van der Waals surface area contributed by atoms with Gasteiger partial charge in [-0.2, -0.15) is 0 Å². The molecule has 174 valence electrons. The average Bonchev–Trinajstić information content (AvgIpc) is 3.08. The van der Waals surface area contributed by atoms with Gasteiger partial charge in [0.15, 0.2) is 0 Å². The molecular formula is C25H32Cl2N2O3. The van der Waals surface area contributed by atoms with Crippen LogP contribution in [0.15, 0.2) is 29.8 Å². The number of ether oxygens (including phenoxy) is 1. The van der Waals surface area contributed by atoms with Crippen molar-refractivity contribution in [3.05, 3.63) is 39.9 Å². The monoisotopic (exact) mass is 478 g/mol. The fourth-order valence-corrected chi connectivity index (χ4v) is 6.71. The van der Waals surface area contributed by atoms with E-state index in [4.69, 9.17) is 27.9 Å². The van der Waals surface area contributed by atoms with Crippen LogP contribution in [0, 0.1) is 23.2 Å². The molecule has 7 heteroatoms. The van der Waals surface area contributed by atoms with E-state index in [-0.39, 0.29) is 29.3 Å². The van der Waals surface area contributed by atoms with Crippen molar-refractivity contribution in [3.8, 4) is 0 Å². The molecule has 2 saturated heterocycles. The minimum Gasteiger partial charge on any atom is -0.461 e. The summed E-state index contributed by atoms with van der Waals surface area (Å²) in [4.78, 5) is 17.5. The molecule has 1 aromatic carbocycles. The van der Waals surface area contributed by atoms with Crippen LogP contribution in [-0.2, 0) is 9.53 Å². The minimum atomic E-state index is -0.545. The number of nitrogens with zero attached hydrogens (tertiary/aromatic N) is 2. The van der Waals surface area contributed by atoms with Crippen LogP contribution in [0.5, 0.6) is 0 Å². The van der Waals surface area contributed by atoms with E-state index in [1.165, 1.54) is 5.57 Å². The molecule has 0 unspecified atom stereocenters. The Bertz CT molecular complexity index is 930. The highest BCUT2D eigenvalue weighted by Crippen LogP contribution is 2.56. The molecule has 1 aromatic rings. The third-order valence-electron chi connectivity index (χ3n) is 8.67. The molecule has 0 bridgehead atoms. The van der Waals surface area contributed by atoms with E-state index in [1.54, 1.807) is 0 Å². The van der Waals surface area contributed by atoms with E-state index >= 15 is 0 Å². The zero-order valence-electron chi connectivity index (χ0n) is 18.8. The first kappa shape index (κ1) is 22.5. The van der Waals surface area contributed by atoms with Gasteiger partial charge < -0.3 is 14.7 Å². The molecule has 4 aliphatic rings. The van der Waals surface area contributed by atoms with Crippen molar-refractivity contribution in [2.24, 2.45) is 23.2 Å². The highest BCUT2D eigenvalue weighted by atomic mass is 35.5. The van der Waals surface area contributed by atoms with Crippen molar-refractivity contribution < 1.29 is 14.6 Å². The van der Waals surface area contributed by atoms with Gasteiger partial charge in [-0.15, -0.1) is 0 Å². The molecule has 0 spiro atoms. The molecule has 0 radical (unpaired) electrons. The number of piperazine rings is 1. The van der Waals surface area contributed by atoms with E-state index in [1.807, 2.05) is 18.2 Å². The smallest absolute Gasteiger partial charge is 0.311 e. The van der Waals surface area contributed by atoms with Crippen LogP contribution < -0.4 is 4.90 Å². The first-order chi connectivity index (χ1) is 15.3. The number of anilines is 1. The molecule has 0 amide bonds. The normalized spacial score (nSPS) is 37.5. The number of aliphatic hydroxyl groups is 1. The van der Waals surface area contributed by atoms with Crippen molar-refractivity contribution in [2.75, 3.05) is 37.6 Å². The second-order valence-electron chi connectivity index (χ2n) is 10.2. The van der Waals surface area contributed by atoms with Gasteiger partial charge in [0.25, 0.3) is 0 Å². The van der Waals surface area contributed by atoms with Crippen LogP contribution in [-0.4, -0.2) is 60.9 Å². The van der Waals surface area contributed by atoms with Crippen LogP contribution in [0.4, 0.5) is 5.69 Å². The Labute approximate surface area is 200 Å². The standard InChI is InChI=1S/C25H32Cl2N2O3/c1-15-4-3-5-16-12-21-22(23(30)25(15,16)2)18(24(31)32-21)14-28-8-10-29(11-9-28)17-6-7-19(26)20(27)13-17/h5-7,13,15,18,21-23,30H,3-4,8-12,14H2,1-2H3/t15-,18+,21+,22-,23-,25+/m0/s1. The molecule has 32 heavy (non-hydrogen) atoms. The summed E-state index contributed by atoms with van der Waals surface area (Å²) in [6.45, 7) is 8.52. The molecule has 2 aliphatic heterocycles. The Kier molecular flexibility index (Phi) is 5.98. The number of allylic oxidation sites excluding steroid dienone is 1. The third kappa shape index (κ3) is 3.66. The van der Waals surface area contributed by atoms with Crippen LogP contribution in [0.1, 0.15) is 33.1 Å². The predicted molar refractivity (Wildman–Crippen MR) is 127 cm³/mol. The maximum atomic E-state index is 12.9. The van der Waals surface area contributed by atoms with E-state index in [9.17, 15) is 9.90 Å². The van der Waals surface area contributed by atoms with Crippen molar-refractivity contribution in [2.45, 2.75) is 45.3 Å². The number of benzene rings is 1.